The van der Waals surface area contributed by atoms with E-state index in [4.69, 9.17) is 5.73 Å². The highest BCUT2D eigenvalue weighted by Crippen LogP contribution is 2.42. The summed E-state index contributed by atoms with van der Waals surface area (Å²) in [4.78, 5) is 11.3. The van der Waals surface area contributed by atoms with Gasteiger partial charge in [-0.15, -0.1) is 0 Å². The minimum Gasteiger partial charge on any atom is -0.506 e. The lowest BCUT2D eigenvalue weighted by atomic mass is 9.85. The number of fused-ring (bicyclic) bond motifs is 1. The number of carbonyl (C=O) groups excluding carboxylic acids is 1. The van der Waals surface area contributed by atoms with Gasteiger partial charge >= 0.3 is 10.2 Å². The van der Waals surface area contributed by atoms with E-state index in [0.29, 0.717) is 22.7 Å². The zero-order valence-electron chi connectivity index (χ0n) is 11.3. The summed E-state index contributed by atoms with van der Waals surface area (Å²) in [5.41, 5.74) is 5.27. The SMILES string of the molecule is N[C@@H]1CCc2cc(O)c(N3CC(=O)NS3(=O)=O)c(F)c2[C@H]1O. The molecule has 0 unspecified atom stereocenters. The molecule has 1 saturated heterocycles. The van der Waals surface area contributed by atoms with Crippen molar-refractivity contribution in [3.8, 4) is 5.75 Å². The van der Waals surface area contributed by atoms with Crippen molar-refractivity contribution in [3.05, 3.63) is 23.0 Å². The summed E-state index contributed by atoms with van der Waals surface area (Å²) in [6, 6.07) is 0.510. The van der Waals surface area contributed by atoms with Gasteiger partial charge in [0.15, 0.2) is 5.82 Å². The lowest BCUT2D eigenvalue weighted by Gasteiger charge is -2.29. The van der Waals surface area contributed by atoms with E-state index >= 15 is 0 Å². The number of nitrogens with zero attached hydrogens (tertiary/aromatic N) is 1. The molecule has 1 aromatic carbocycles. The van der Waals surface area contributed by atoms with E-state index in [9.17, 15) is 27.8 Å². The first-order valence-electron chi connectivity index (χ1n) is 6.53. The van der Waals surface area contributed by atoms with Crippen LogP contribution in [-0.2, 0) is 21.4 Å². The van der Waals surface area contributed by atoms with Gasteiger partial charge in [0.25, 0.3) is 5.91 Å². The number of aliphatic hydroxyl groups excluding tert-OH is 1. The van der Waals surface area contributed by atoms with Crippen molar-refractivity contribution in [3.63, 3.8) is 0 Å². The fourth-order valence-electron chi connectivity index (χ4n) is 2.80. The molecule has 0 spiro atoms. The predicted molar refractivity (Wildman–Crippen MR) is 73.7 cm³/mol. The molecule has 3 rings (SSSR count). The summed E-state index contributed by atoms with van der Waals surface area (Å²) in [5, 5.41) is 20.0. The number of amides is 1. The number of rotatable bonds is 1. The number of aromatic hydroxyl groups is 1. The number of hydrogen-bond acceptors (Lipinski definition) is 6. The maximum absolute atomic E-state index is 14.7. The molecular formula is C12H14FN3O5S. The van der Waals surface area contributed by atoms with Gasteiger partial charge in [0.1, 0.15) is 18.0 Å². The molecule has 0 bridgehead atoms. The Morgan fingerprint density at radius 3 is 2.73 bits per heavy atom. The third-order valence-corrected chi connectivity index (χ3v) is 5.24. The second kappa shape index (κ2) is 4.80. The highest BCUT2D eigenvalue weighted by Gasteiger charge is 2.40. The summed E-state index contributed by atoms with van der Waals surface area (Å²) in [7, 11) is -4.27. The number of phenolic OH excluding ortho intramolecular Hbond substituents is 1. The van der Waals surface area contributed by atoms with Gasteiger partial charge in [-0.25, -0.2) is 13.4 Å². The Morgan fingerprint density at radius 1 is 1.45 bits per heavy atom. The maximum Gasteiger partial charge on any atom is 0.326 e. The zero-order valence-corrected chi connectivity index (χ0v) is 12.1. The molecule has 10 heteroatoms. The average Bonchev–Trinajstić information content (AvgIpc) is 2.67. The van der Waals surface area contributed by atoms with Crippen molar-refractivity contribution in [2.24, 2.45) is 5.73 Å². The smallest absolute Gasteiger partial charge is 0.326 e. The van der Waals surface area contributed by atoms with Gasteiger partial charge in [-0.05, 0) is 24.5 Å². The molecule has 2 atom stereocenters. The first-order valence-corrected chi connectivity index (χ1v) is 7.97. The minimum absolute atomic E-state index is 0.138. The lowest BCUT2D eigenvalue weighted by molar-refractivity contribution is -0.117. The van der Waals surface area contributed by atoms with Gasteiger partial charge in [0.05, 0.1) is 6.10 Å². The van der Waals surface area contributed by atoms with Gasteiger partial charge in [0.2, 0.25) is 0 Å². The fourth-order valence-corrected chi connectivity index (χ4v) is 3.96. The van der Waals surface area contributed by atoms with Crippen molar-refractivity contribution in [2.75, 3.05) is 10.8 Å². The Hall–Kier alpha value is -1.91. The van der Waals surface area contributed by atoms with Crippen molar-refractivity contribution >= 4 is 21.8 Å². The number of hydrogen-bond donors (Lipinski definition) is 4. The molecule has 8 nitrogen and oxygen atoms in total. The molecule has 1 aliphatic carbocycles. The van der Waals surface area contributed by atoms with E-state index in [1.165, 1.54) is 6.07 Å². The van der Waals surface area contributed by atoms with Crippen LogP contribution >= 0.6 is 0 Å². The van der Waals surface area contributed by atoms with E-state index in [2.05, 4.69) is 0 Å². The molecule has 1 amide bonds. The second-order valence-electron chi connectivity index (χ2n) is 5.32. The summed E-state index contributed by atoms with van der Waals surface area (Å²) in [6.45, 7) is -0.645. The number of nitrogens with one attached hydrogen (secondary N) is 1. The first kappa shape index (κ1) is 15.0. The molecular weight excluding hydrogens is 317 g/mol. The third-order valence-electron chi connectivity index (χ3n) is 3.86. The highest BCUT2D eigenvalue weighted by atomic mass is 32.2. The molecule has 22 heavy (non-hydrogen) atoms. The number of anilines is 1. The van der Waals surface area contributed by atoms with Gasteiger partial charge < -0.3 is 15.9 Å². The molecule has 120 valence electrons. The van der Waals surface area contributed by atoms with Crippen LogP contribution in [0.3, 0.4) is 0 Å². The first-order chi connectivity index (χ1) is 10.2. The fraction of sp³-hybridized carbons (Fsp3) is 0.417. The highest BCUT2D eigenvalue weighted by molar-refractivity contribution is 7.92. The van der Waals surface area contributed by atoms with E-state index in [1.54, 1.807) is 4.72 Å². The number of benzene rings is 1. The van der Waals surface area contributed by atoms with Crippen molar-refractivity contribution < 1.29 is 27.8 Å². The molecule has 0 aromatic heterocycles. The van der Waals surface area contributed by atoms with Crippen LogP contribution in [0.5, 0.6) is 5.75 Å². The van der Waals surface area contributed by atoms with Crippen LogP contribution < -0.4 is 14.8 Å². The quantitative estimate of drug-likeness (QED) is 0.523. The summed E-state index contributed by atoms with van der Waals surface area (Å²) in [5.74, 6) is -2.54. The summed E-state index contributed by atoms with van der Waals surface area (Å²) < 4.78 is 40.5. The van der Waals surface area contributed by atoms with E-state index in [0.717, 1.165) is 0 Å². The summed E-state index contributed by atoms with van der Waals surface area (Å²) in [6.07, 6.45) is -0.548. The topological polar surface area (TPSA) is 133 Å². The number of carbonyl (C=O) groups is 1. The van der Waals surface area contributed by atoms with Crippen LogP contribution in [0.2, 0.25) is 0 Å². The summed E-state index contributed by atoms with van der Waals surface area (Å²) >= 11 is 0. The van der Waals surface area contributed by atoms with E-state index in [-0.39, 0.29) is 5.56 Å². The maximum atomic E-state index is 14.7. The van der Waals surface area contributed by atoms with Gasteiger partial charge in [0, 0.05) is 11.6 Å². The average molecular weight is 331 g/mol. The molecule has 0 radical (unpaired) electrons. The van der Waals surface area contributed by atoms with Crippen LogP contribution in [-0.4, -0.2) is 37.1 Å². The molecule has 5 N–H and O–H groups in total. The molecule has 1 aromatic rings. The van der Waals surface area contributed by atoms with Gasteiger partial charge in [-0.2, -0.15) is 8.42 Å². The molecule has 1 heterocycles. The van der Waals surface area contributed by atoms with Crippen molar-refractivity contribution in [1.82, 2.24) is 4.72 Å². The molecule has 1 aliphatic heterocycles. The van der Waals surface area contributed by atoms with E-state index in [1.807, 2.05) is 0 Å². The van der Waals surface area contributed by atoms with Crippen LogP contribution in [0.4, 0.5) is 10.1 Å². The Morgan fingerprint density at radius 2 is 2.14 bits per heavy atom. The Kier molecular flexibility index (Phi) is 3.27. The normalized spacial score (nSPS) is 26.7. The standard InChI is InChI=1S/C12H14FN3O5S/c13-10-9-5(1-2-6(14)12(9)19)3-7(17)11(10)16-4-8(18)15-22(16,20)21/h3,6,12,17,19H,1-2,4,14H2,(H,15,18)/t6-,12+/m1/s1. The van der Waals surface area contributed by atoms with Crippen molar-refractivity contribution in [1.29, 1.82) is 0 Å². The zero-order chi connectivity index (χ0) is 16.2. The lowest BCUT2D eigenvalue weighted by Crippen LogP contribution is -2.35. The Balaban J connectivity index is 2.20. The minimum atomic E-state index is -4.27. The number of aliphatic hydroxyl groups is 1. The van der Waals surface area contributed by atoms with Crippen LogP contribution in [0, 0.1) is 5.82 Å². The number of nitrogens with two attached hydrogens (primary N) is 1. The number of aryl methyl sites for hydroxylation is 1. The van der Waals surface area contributed by atoms with E-state index < -0.39 is 52.1 Å². The number of halogens is 1. The van der Waals surface area contributed by atoms with Crippen LogP contribution in [0.25, 0.3) is 0 Å². The third kappa shape index (κ3) is 2.11. The Labute approximate surface area is 125 Å². The van der Waals surface area contributed by atoms with Crippen LogP contribution in [0.1, 0.15) is 23.7 Å². The largest absolute Gasteiger partial charge is 0.506 e. The second-order valence-corrected chi connectivity index (χ2v) is 6.91. The van der Waals surface area contributed by atoms with Gasteiger partial charge in [-0.3, -0.25) is 4.79 Å². The molecule has 0 saturated carbocycles. The van der Waals surface area contributed by atoms with Crippen LogP contribution in [0.15, 0.2) is 6.07 Å². The van der Waals surface area contributed by atoms with Crippen molar-refractivity contribution in [2.45, 2.75) is 25.0 Å². The molecule has 2 aliphatic rings. The molecule has 1 fully saturated rings. The Bertz CT molecular complexity index is 767. The monoisotopic (exact) mass is 331 g/mol. The van der Waals surface area contributed by atoms with Gasteiger partial charge in [-0.1, -0.05) is 0 Å². The predicted octanol–water partition coefficient (Wildman–Crippen LogP) is -0.981. The number of phenols is 1.